The van der Waals surface area contributed by atoms with Crippen molar-refractivity contribution in [3.05, 3.63) is 65.7 Å². The number of hydrogen-bond donors (Lipinski definition) is 0. The van der Waals surface area contributed by atoms with E-state index < -0.39 is 5.54 Å². The van der Waals surface area contributed by atoms with Gasteiger partial charge in [0.25, 0.3) is 5.91 Å². The average Bonchev–Trinajstić information content (AvgIpc) is 3.26. The van der Waals surface area contributed by atoms with Gasteiger partial charge in [-0.1, -0.05) is 42.5 Å². The third-order valence-electron chi connectivity index (χ3n) is 6.35. The number of carbonyl (C=O) groups excluding carboxylic acids is 1. The SMILES string of the molecule is O=C1N=CN(c2ccccc2)C12CCN([C@@H]1CCc3ccccc31)CC2. The largest absolute Gasteiger partial charge is 0.317 e. The number of likely N-dealkylation sites (tertiary alicyclic amines) is 1. The zero-order chi connectivity index (χ0) is 17.6. The molecule has 3 aliphatic rings. The molecule has 2 aromatic carbocycles. The van der Waals surface area contributed by atoms with Gasteiger partial charge >= 0.3 is 0 Å². The summed E-state index contributed by atoms with van der Waals surface area (Å²) in [6.45, 7) is 1.88. The van der Waals surface area contributed by atoms with Crippen molar-refractivity contribution in [2.45, 2.75) is 37.3 Å². The van der Waals surface area contributed by atoms with E-state index in [-0.39, 0.29) is 5.91 Å². The molecule has 1 atom stereocenters. The van der Waals surface area contributed by atoms with Gasteiger partial charge in [0.2, 0.25) is 0 Å². The molecule has 0 N–H and O–H groups in total. The predicted octanol–water partition coefficient (Wildman–Crippen LogP) is 3.58. The molecule has 4 heteroatoms. The van der Waals surface area contributed by atoms with Crippen LogP contribution in [0, 0.1) is 0 Å². The van der Waals surface area contributed by atoms with Gasteiger partial charge in [-0.15, -0.1) is 0 Å². The van der Waals surface area contributed by atoms with Crippen molar-refractivity contribution in [3.8, 4) is 0 Å². The molecule has 132 valence electrons. The molecule has 2 heterocycles. The number of hydrogen-bond acceptors (Lipinski definition) is 3. The molecule has 1 fully saturated rings. The molecule has 0 saturated carbocycles. The number of piperidine rings is 1. The van der Waals surface area contributed by atoms with Gasteiger partial charge in [0.05, 0.1) is 6.34 Å². The van der Waals surface area contributed by atoms with Gasteiger partial charge in [-0.2, -0.15) is 0 Å². The van der Waals surface area contributed by atoms with Crippen molar-refractivity contribution in [3.63, 3.8) is 0 Å². The molecule has 26 heavy (non-hydrogen) atoms. The zero-order valence-electron chi connectivity index (χ0n) is 14.8. The second-order valence-electron chi connectivity index (χ2n) is 7.58. The first kappa shape index (κ1) is 15.8. The Hall–Kier alpha value is -2.46. The molecule has 2 aliphatic heterocycles. The highest BCUT2D eigenvalue weighted by Crippen LogP contribution is 2.41. The number of aliphatic imine (C=N–C) groups is 1. The van der Waals surface area contributed by atoms with Gasteiger partial charge in [-0.25, -0.2) is 4.99 Å². The van der Waals surface area contributed by atoms with Crippen LogP contribution in [0.15, 0.2) is 59.6 Å². The monoisotopic (exact) mass is 345 g/mol. The standard InChI is InChI=1S/C22H23N3O/c26-21-22(25(16-23-21)18-7-2-1-3-8-18)12-14-24(15-13-22)20-11-10-17-6-4-5-9-19(17)20/h1-9,16,20H,10-15H2/t20-/m1/s1. The maximum Gasteiger partial charge on any atom is 0.273 e. The smallest absolute Gasteiger partial charge is 0.273 e. The van der Waals surface area contributed by atoms with E-state index in [2.05, 4.69) is 51.2 Å². The molecule has 0 aromatic heterocycles. The highest BCUT2D eigenvalue weighted by Gasteiger charge is 2.50. The minimum atomic E-state index is -0.490. The van der Waals surface area contributed by atoms with Crippen molar-refractivity contribution >= 4 is 17.9 Å². The number of rotatable bonds is 2. The van der Waals surface area contributed by atoms with Crippen LogP contribution in [0.4, 0.5) is 5.69 Å². The number of para-hydroxylation sites is 1. The van der Waals surface area contributed by atoms with E-state index in [1.807, 2.05) is 18.2 Å². The molecule has 1 amide bonds. The summed E-state index contributed by atoms with van der Waals surface area (Å²) in [7, 11) is 0. The number of nitrogens with zero attached hydrogens (tertiary/aromatic N) is 3. The van der Waals surface area contributed by atoms with Crippen LogP contribution in [0.25, 0.3) is 0 Å². The Bertz CT molecular complexity index is 853. The number of anilines is 1. The molecule has 4 nitrogen and oxygen atoms in total. The van der Waals surface area contributed by atoms with Gasteiger partial charge in [-0.3, -0.25) is 9.69 Å². The Morgan fingerprint density at radius 3 is 2.50 bits per heavy atom. The summed E-state index contributed by atoms with van der Waals surface area (Å²) in [5.74, 6) is 0.0211. The lowest BCUT2D eigenvalue weighted by atomic mass is 9.84. The number of carbonyl (C=O) groups is 1. The van der Waals surface area contributed by atoms with Crippen molar-refractivity contribution in [1.82, 2.24) is 4.90 Å². The quantitative estimate of drug-likeness (QED) is 0.835. The highest BCUT2D eigenvalue weighted by molar-refractivity contribution is 6.08. The number of aryl methyl sites for hydroxylation is 1. The number of fused-ring (bicyclic) bond motifs is 1. The lowest BCUT2D eigenvalue weighted by Gasteiger charge is -2.44. The van der Waals surface area contributed by atoms with E-state index in [1.165, 1.54) is 24.0 Å². The summed E-state index contributed by atoms with van der Waals surface area (Å²) < 4.78 is 0. The Morgan fingerprint density at radius 2 is 1.69 bits per heavy atom. The lowest BCUT2D eigenvalue weighted by molar-refractivity contribution is -0.123. The van der Waals surface area contributed by atoms with Crippen molar-refractivity contribution in [2.75, 3.05) is 18.0 Å². The van der Waals surface area contributed by atoms with Crippen LogP contribution in [0.2, 0.25) is 0 Å². The van der Waals surface area contributed by atoms with E-state index >= 15 is 0 Å². The Balaban J connectivity index is 1.37. The van der Waals surface area contributed by atoms with Gasteiger partial charge in [0.15, 0.2) is 0 Å². The topological polar surface area (TPSA) is 35.9 Å². The molecule has 1 aliphatic carbocycles. The molecule has 0 unspecified atom stereocenters. The maximum atomic E-state index is 12.7. The highest BCUT2D eigenvalue weighted by atomic mass is 16.2. The lowest BCUT2D eigenvalue weighted by Crippen LogP contribution is -2.57. The Labute approximate surface area is 154 Å². The zero-order valence-corrected chi connectivity index (χ0v) is 14.8. The normalized spacial score (nSPS) is 24.4. The molecular formula is C22H23N3O. The molecule has 5 rings (SSSR count). The summed E-state index contributed by atoms with van der Waals surface area (Å²) in [6, 6.07) is 19.5. The molecule has 0 radical (unpaired) electrons. The summed E-state index contributed by atoms with van der Waals surface area (Å²) in [5, 5.41) is 0. The fourth-order valence-corrected chi connectivity index (χ4v) is 4.92. The van der Waals surface area contributed by atoms with Gasteiger partial charge in [0.1, 0.15) is 5.54 Å². The van der Waals surface area contributed by atoms with E-state index in [9.17, 15) is 4.79 Å². The van der Waals surface area contributed by atoms with E-state index in [0.717, 1.165) is 31.6 Å². The molecular weight excluding hydrogens is 322 g/mol. The Morgan fingerprint density at radius 1 is 0.962 bits per heavy atom. The summed E-state index contributed by atoms with van der Waals surface area (Å²) in [5.41, 5.74) is 3.54. The minimum Gasteiger partial charge on any atom is -0.317 e. The predicted molar refractivity (Wildman–Crippen MR) is 103 cm³/mol. The fourth-order valence-electron chi connectivity index (χ4n) is 4.92. The minimum absolute atomic E-state index is 0.0211. The van der Waals surface area contributed by atoms with Crippen molar-refractivity contribution in [1.29, 1.82) is 0 Å². The van der Waals surface area contributed by atoms with Crippen LogP contribution >= 0.6 is 0 Å². The second-order valence-corrected chi connectivity index (χ2v) is 7.58. The average molecular weight is 345 g/mol. The van der Waals surface area contributed by atoms with Crippen LogP contribution < -0.4 is 4.90 Å². The molecule has 0 bridgehead atoms. The summed E-state index contributed by atoms with van der Waals surface area (Å²) >= 11 is 0. The molecule has 1 spiro atoms. The Kier molecular flexibility index (Phi) is 3.68. The van der Waals surface area contributed by atoms with E-state index in [1.54, 1.807) is 6.34 Å². The van der Waals surface area contributed by atoms with Crippen LogP contribution in [-0.2, 0) is 11.2 Å². The van der Waals surface area contributed by atoms with Gasteiger partial charge in [0, 0.05) is 24.8 Å². The second kappa shape index (κ2) is 6.06. The first-order valence-electron chi connectivity index (χ1n) is 9.53. The van der Waals surface area contributed by atoms with Crippen LogP contribution in [0.1, 0.15) is 36.4 Å². The fraction of sp³-hybridized carbons (Fsp3) is 0.364. The van der Waals surface area contributed by atoms with Crippen molar-refractivity contribution in [2.24, 2.45) is 4.99 Å². The summed E-state index contributed by atoms with van der Waals surface area (Å²) in [4.78, 5) is 21.6. The third kappa shape index (κ3) is 2.32. The summed E-state index contributed by atoms with van der Waals surface area (Å²) in [6.07, 6.45) is 5.76. The van der Waals surface area contributed by atoms with Crippen LogP contribution in [0.3, 0.4) is 0 Å². The van der Waals surface area contributed by atoms with E-state index in [0.29, 0.717) is 6.04 Å². The molecule has 2 aromatic rings. The maximum absolute atomic E-state index is 12.7. The third-order valence-corrected chi connectivity index (χ3v) is 6.35. The van der Waals surface area contributed by atoms with Crippen molar-refractivity contribution < 1.29 is 4.79 Å². The first-order chi connectivity index (χ1) is 12.8. The first-order valence-corrected chi connectivity index (χ1v) is 9.53. The molecule has 1 saturated heterocycles. The number of benzene rings is 2. The van der Waals surface area contributed by atoms with Gasteiger partial charge < -0.3 is 4.90 Å². The van der Waals surface area contributed by atoms with Crippen LogP contribution in [-0.4, -0.2) is 35.8 Å². The van der Waals surface area contributed by atoms with Crippen LogP contribution in [0.5, 0.6) is 0 Å². The van der Waals surface area contributed by atoms with Gasteiger partial charge in [-0.05, 0) is 48.9 Å². The van der Waals surface area contributed by atoms with E-state index in [4.69, 9.17) is 0 Å². The number of amides is 1.